The summed E-state index contributed by atoms with van der Waals surface area (Å²) in [4.78, 5) is 0. The molecule has 0 N–H and O–H groups in total. The molecule has 3 heteroatoms. The van der Waals surface area contributed by atoms with E-state index in [1.165, 1.54) is 0 Å². The van der Waals surface area contributed by atoms with Crippen LogP contribution in [-0.2, 0) is 0 Å². The Morgan fingerprint density at radius 3 is 2.56 bits per heavy atom. The van der Waals surface area contributed by atoms with E-state index in [-0.39, 0.29) is 5.02 Å². The molecule has 47 valence electrons. The standard InChI is InChI=1S/C6H2ClF2/c7-5-3-4(8)1-2-6(5)9/h2-3H. The highest BCUT2D eigenvalue weighted by atomic mass is 35.5. The van der Waals surface area contributed by atoms with Crippen molar-refractivity contribution in [3.05, 3.63) is 34.9 Å². The smallest absolute Gasteiger partial charge is 0.142 e. The van der Waals surface area contributed by atoms with Crippen molar-refractivity contribution in [3.63, 3.8) is 0 Å². The van der Waals surface area contributed by atoms with Crippen molar-refractivity contribution in [2.75, 3.05) is 0 Å². The molecule has 0 saturated carbocycles. The molecule has 0 aromatic heterocycles. The van der Waals surface area contributed by atoms with E-state index in [1.807, 2.05) is 6.07 Å². The molecule has 1 radical (unpaired) electrons. The van der Waals surface area contributed by atoms with Crippen LogP contribution >= 0.6 is 11.6 Å². The molecule has 0 aliphatic heterocycles. The fraction of sp³-hybridized carbons (Fsp3) is 0. The monoisotopic (exact) mass is 147 g/mol. The van der Waals surface area contributed by atoms with Crippen LogP contribution in [0, 0.1) is 17.7 Å². The summed E-state index contributed by atoms with van der Waals surface area (Å²) in [5, 5.41) is -0.216. The van der Waals surface area contributed by atoms with E-state index in [4.69, 9.17) is 11.6 Å². The van der Waals surface area contributed by atoms with Gasteiger partial charge in [0.15, 0.2) is 0 Å². The molecule has 0 nitrogen and oxygen atoms in total. The average molecular weight is 148 g/mol. The highest BCUT2D eigenvalue weighted by Gasteiger charge is 1.98. The minimum absolute atomic E-state index is 0.216. The second kappa shape index (κ2) is 2.31. The number of hydrogen-bond acceptors (Lipinski definition) is 0. The van der Waals surface area contributed by atoms with E-state index < -0.39 is 11.6 Å². The average Bonchev–Trinajstić information content (AvgIpc) is 1.80. The Bertz CT molecular complexity index is 222. The third kappa shape index (κ3) is 1.39. The van der Waals surface area contributed by atoms with Gasteiger partial charge in [0, 0.05) is 6.07 Å². The van der Waals surface area contributed by atoms with Crippen LogP contribution in [-0.4, -0.2) is 0 Å². The van der Waals surface area contributed by atoms with Crippen LogP contribution in [0.2, 0.25) is 5.02 Å². The summed E-state index contributed by atoms with van der Waals surface area (Å²) in [5.74, 6) is -1.31. The molecule has 0 heterocycles. The number of benzene rings is 1. The summed E-state index contributed by atoms with van der Waals surface area (Å²) in [6, 6.07) is 3.74. The van der Waals surface area contributed by atoms with E-state index in [2.05, 4.69) is 0 Å². The third-order valence-electron chi connectivity index (χ3n) is 0.818. The van der Waals surface area contributed by atoms with Gasteiger partial charge in [-0.05, 0) is 12.1 Å². The lowest BCUT2D eigenvalue weighted by Gasteiger charge is -1.89. The molecule has 0 amide bonds. The zero-order valence-corrected chi connectivity index (χ0v) is 5.04. The molecule has 0 unspecified atom stereocenters. The number of hydrogen-bond donors (Lipinski definition) is 0. The van der Waals surface area contributed by atoms with E-state index >= 15 is 0 Å². The fourth-order valence-corrected chi connectivity index (χ4v) is 0.573. The lowest BCUT2D eigenvalue weighted by Crippen LogP contribution is -1.78. The van der Waals surface area contributed by atoms with Crippen molar-refractivity contribution in [1.82, 2.24) is 0 Å². The summed E-state index contributed by atoms with van der Waals surface area (Å²) in [5.41, 5.74) is 0. The van der Waals surface area contributed by atoms with Gasteiger partial charge in [-0.15, -0.1) is 0 Å². The topological polar surface area (TPSA) is 0 Å². The first kappa shape index (κ1) is 6.49. The van der Waals surface area contributed by atoms with E-state index in [1.54, 1.807) is 0 Å². The minimum atomic E-state index is -0.655. The number of halogens is 3. The molecule has 0 spiro atoms. The summed E-state index contributed by atoms with van der Waals surface area (Å²) >= 11 is 5.18. The normalized spacial score (nSPS) is 9.67. The van der Waals surface area contributed by atoms with E-state index in [0.29, 0.717) is 0 Å². The maximum atomic E-state index is 12.2. The first-order chi connectivity index (χ1) is 4.20. The zero-order chi connectivity index (χ0) is 6.85. The summed E-state index contributed by atoms with van der Waals surface area (Å²) in [7, 11) is 0. The van der Waals surface area contributed by atoms with Crippen LogP contribution < -0.4 is 0 Å². The maximum absolute atomic E-state index is 12.2. The van der Waals surface area contributed by atoms with Gasteiger partial charge in [0.1, 0.15) is 11.6 Å². The maximum Gasteiger partial charge on any atom is 0.142 e. The largest absolute Gasteiger partial charge is 0.206 e. The lowest BCUT2D eigenvalue weighted by atomic mass is 10.3. The van der Waals surface area contributed by atoms with Crippen molar-refractivity contribution >= 4 is 11.6 Å². The Hall–Kier alpha value is -0.630. The van der Waals surface area contributed by atoms with Gasteiger partial charge in [-0.1, -0.05) is 11.6 Å². The Morgan fingerprint density at radius 1 is 1.44 bits per heavy atom. The highest BCUT2D eigenvalue weighted by molar-refractivity contribution is 6.30. The van der Waals surface area contributed by atoms with Gasteiger partial charge < -0.3 is 0 Å². The van der Waals surface area contributed by atoms with Crippen LogP contribution in [0.5, 0.6) is 0 Å². The molecular formula is C6H2ClF2. The number of rotatable bonds is 0. The molecule has 0 bridgehead atoms. The molecule has 1 aromatic carbocycles. The minimum Gasteiger partial charge on any atom is -0.206 e. The summed E-state index contributed by atoms with van der Waals surface area (Å²) in [6.07, 6.45) is 0. The Kier molecular flexibility index (Phi) is 1.67. The van der Waals surface area contributed by atoms with Crippen molar-refractivity contribution in [2.45, 2.75) is 0 Å². The Labute approximate surface area is 56.1 Å². The third-order valence-corrected chi connectivity index (χ3v) is 1.11. The van der Waals surface area contributed by atoms with Gasteiger partial charge in [0.25, 0.3) is 0 Å². The summed E-state index contributed by atoms with van der Waals surface area (Å²) in [6.45, 7) is 0. The molecule has 0 atom stereocenters. The van der Waals surface area contributed by atoms with Crippen molar-refractivity contribution in [2.24, 2.45) is 0 Å². The van der Waals surface area contributed by atoms with Crippen LogP contribution in [0.1, 0.15) is 0 Å². The molecule has 1 rings (SSSR count). The quantitative estimate of drug-likeness (QED) is 0.495. The molecule has 0 saturated heterocycles. The lowest BCUT2D eigenvalue weighted by molar-refractivity contribution is 0.598. The highest BCUT2D eigenvalue weighted by Crippen LogP contribution is 2.13. The fourth-order valence-electron chi connectivity index (χ4n) is 0.423. The zero-order valence-electron chi connectivity index (χ0n) is 4.29. The Morgan fingerprint density at radius 2 is 2.11 bits per heavy atom. The van der Waals surface area contributed by atoms with Crippen molar-refractivity contribution in [1.29, 1.82) is 0 Å². The molecule has 0 fully saturated rings. The molecule has 0 aliphatic carbocycles. The SMILES string of the molecule is Fc1[c]cc(F)c(Cl)c1. The first-order valence-corrected chi connectivity index (χ1v) is 2.60. The predicted molar refractivity (Wildman–Crippen MR) is 30.2 cm³/mol. The first-order valence-electron chi connectivity index (χ1n) is 2.22. The van der Waals surface area contributed by atoms with E-state index in [0.717, 1.165) is 12.1 Å². The van der Waals surface area contributed by atoms with Crippen LogP contribution in [0.3, 0.4) is 0 Å². The van der Waals surface area contributed by atoms with Gasteiger partial charge in [-0.2, -0.15) is 0 Å². The van der Waals surface area contributed by atoms with Crippen molar-refractivity contribution < 1.29 is 8.78 Å². The Balaban J connectivity index is 3.17. The van der Waals surface area contributed by atoms with Crippen LogP contribution in [0.15, 0.2) is 12.1 Å². The van der Waals surface area contributed by atoms with Crippen LogP contribution in [0.4, 0.5) is 8.78 Å². The van der Waals surface area contributed by atoms with Gasteiger partial charge >= 0.3 is 0 Å². The van der Waals surface area contributed by atoms with Crippen molar-refractivity contribution in [3.8, 4) is 0 Å². The van der Waals surface area contributed by atoms with Gasteiger partial charge in [-0.25, -0.2) is 8.78 Å². The second-order valence-corrected chi connectivity index (χ2v) is 1.88. The molecular weight excluding hydrogens is 146 g/mol. The van der Waals surface area contributed by atoms with Crippen LogP contribution in [0.25, 0.3) is 0 Å². The predicted octanol–water partition coefficient (Wildman–Crippen LogP) is 2.42. The summed E-state index contributed by atoms with van der Waals surface area (Å²) < 4.78 is 24.2. The molecule has 9 heavy (non-hydrogen) atoms. The molecule has 0 aliphatic rings. The second-order valence-electron chi connectivity index (χ2n) is 1.48. The van der Waals surface area contributed by atoms with Gasteiger partial charge in [0.2, 0.25) is 0 Å². The molecule has 1 aromatic rings. The van der Waals surface area contributed by atoms with E-state index in [9.17, 15) is 8.78 Å². The van der Waals surface area contributed by atoms with Gasteiger partial charge in [-0.3, -0.25) is 0 Å². The van der Waals surface area contributed by atoms with Gasteiger partial charge in [0.05, 0.1) is 5.02 Å².